The van der Waals surface area contributed by atoms with Crippen LogP contribution in [0.5, 0.6) is 5.75 Å². The normalized spacial score (nSPS) is 12.6. The second-order valence-electron chi connectivity index (χ2n) is 5.00. The van der Waals surface area contributed by atoms with Crippen molar-refractivity contribution >= 4 is 16.9 Å². The van der Waals surface area contributed by atoms with Gasteiger partial charge in [0.15, 0.2) is 0 Å². The van der Waals surface area contributed by atoms with Crippen molar-refractivity contribution in [1.29, 1.82) is 0 Å². The smallest absolute Gasteiger partial charge is 0.304 e. The third-order valence-corrected chi connectivity index (χ3v) is 3.61. The van der Waals surface area contributed by atoms with E-state index in [0.717, 1.165) is 27.9 Å². The summed E-state index contributed by atoms with van der Waals surface area (Å²) >= 11 is 0. The summed E-state index contributed by atoms with van der Waals surface area (Å²) in [7, 11) is 1.64. The van der Waals surface area contributed by atoms with Crippen LogP contribution in [0.15, 0.2) is 12.1 Å². The van der Waals surface area contributed by atoms with E-state index in [9.17, 15) is 4.79 Å². The Hall–Kier alpha value is -1.97. The van der Waals surface area contributed by atoms with Gasteiger partial charge in [0.05, 0.1) is 19.0 Å². The lowest BCUT2D eigenvalue weighted by Gasteiger charge is -2.07. The monoisotopic (exact) mass is 261 g/mol. The van der Waals surface area contributed by atoms with E-state index in [1.165, 1.54) is 5.56 Å². The molecule has 2 rings (SSSR count). The Bertz CT molecular complexity index is 628. The van der Waals surface area contributed by atoms with Gasteiger partial charge in [0.25, 0.3) is 0 Å². The van der Waals surface area contributed by atoms with Gasteiger partial charge in [-0.3, -0.25) is 4.79 Å². The summed E-state index contributed by atoms with van der Waals surface area (Å²) < 4.78 is 5.36. The molecule has 0 aliphatic rings. The molecule has 0 radical (unpaired) electrons. The van der Waals surface area contributed by atoms with Gasteiger partial charge in [-0.05, 0) is 31.0 Å². The van der Waals surface area contributed by atoms with Crippen molar-refractivity contribution in [3.63, 3.8) is 0 Å². The number of aliphatic carboxylic acids is 1. The molecule has 1 aromatic carbocycles. The summed E-state index contributed by atoms with van der Waals surface area (Å²) in [5.74, 6) is -0.0410. The van der Waals surface area contributed by atoms with Crippen molar-refractivity contribution < 1.29 is 14.6 Å². The largest absolute Gasteiger partial charge is 0.495 e. The molecule has 2 aromatic rings. The molecule has 1 heterocycles. The van der Waals surface area contributed by atoms with Crippen LogP contribution < -0.4 is 4.74 Å². The molecule has 102 valence electrons. The molecule has 0 fully saturated rings. The fraction of sp³-hybridized carbons (Fsp3) is 0.400. The molecule has 0 aliphatic carbocycles. The zero-order valence-corrected chi connectivity index (χ0v) is 11.7. The highest BCUT2D eigenvalue weighted by molar-refractivity contribution is 5.92. The summed E-state index contributed by atoms with van der Waals surface area (Å²) in [6.07, 6.45) is 0.120. The van der Waals surface area contributed by atoms with Gasteiger partial charge in [0, 0.05) is 17.0 Å². The number of ether oxygens (including phenoxy) is 1. The molecular formula is C15H19NO3. The first kappa shape index (κ1) is 13.5. The molecule has 2 N–H and O–H groups in total. The van der Waals surface area contributed by atoms with E-state index in [2.05, 4.69) is 4.98 Å². The van der Waals surface area contributed by atoms with E-state index in [1.807, 2.05) is 32.9 Å². The van der Waals surface area contributed by atoms with Gasteiger partial charge < -0.3 is 14.8 Å². The van der Waals surface area contributed by atoms with Crippen LogP contribution in [-0.4, -0.2) is 23.2 Å². The van der Waals surface area contributed by atoms with Gasteiger partial charge in [-0.15, -0.1) is 0 Å². The summed E-state index contributed by atoms with van der Waals surface area (Å²) in [4.78, 5) is 14.2. The van der Waals surface area contributed by atoms with Gasteiger partial charge >= 0.3 is 5.97 Å². The minimum absolute atomic E-state index is 0.0472. The fourth-order valence-electron chi connectivity index (χ4n) is 2.69. The number of aryl methyl sites for hydroxylation is 2. The van der Waals surface area contributed by atoms with Crippen LogP contribution >= 0.6 is 0 Å². The predicted molar refractivity (Wildman–Crippen MR) is 75.0 cm³/mol. The number of aromatic amines is 1. The first-order valence-electron chi connectivity index (χ1n) is 6.33. The third-order valence-electron chi connectivity index (χ3n) is 3.61. The minimum atomic E-state index is -0.783. The molecule has 0 spiro atoms. The zero-order valence-electron chi connectivity index (χ0n) is 11.7. The number of nitrogens with one attached hydrogen (secondary N) is 1. The van der Waals surface area contributed by atoms with Crippen LogP contribution in [0.2, 0.25) is 0 Å². The molecule has 0 saturated carbocycles. The molecule has 19 heavy (non-hydrogen) atoms. The van der Waals surface area contributed by atoms with E-state index in [-0.39, 0.29) is 12.3 Å². The highest BCUT2D eigenvalue weighted by atomic mass is 16.5. The van der Waals surface area contributed by atoms with Crippen molar-refractivity contribution in [2.24, 2.45) is 0 Å². The van der Waals surface area contributed by atoms with Gasteiger partial charge in [-0.2, -0.15) is 0 Å². The quantitative estimate of drug-likeness (QED) is 0.887. The number of rotatable bonds is 4. The Morgan fingerprint density at radius 1 is 1.42 bits per heavy atom. The van der Waals surface area contributed by atoms with Gasteiger partial charge in [0.2, 0.25) is 0 Å². The second kappa shape index (κ2) is 4.96. The molecule has 4 nitrogen and oxygen atoms in total. The number of hydrogen-bond donors (Lipinski definition) is 2. The summed E-state index contributed by atoms with van der Waals surface area (Å²) in [5.41, 5.74) is 4.20. The molecule has 0 aliphatic heterocycles. The van der Waals surface area contributed by atoms with Crippen LogP contribution in [0.1, 0.15) is 36.1 Å². The van der Waals surface area contributed by atoms with Crippen molar-refractivity contribution in [1.82, 2.24) is 4.98 Å². The molecule has 4 heteroatoms. The number of H-pyrrole nitrogens is 1. The number of benzene rings is 1. The Labute approximate surface area is 112 Å². The van der Waals surface area contributed by atoms with Crippen LogP contribution in [0.25, 0.3) is 10.9 Å². The van der Waals surface area contributed by atoms with Gasteiger partial charge in [-0.1, -0.05) is 13.0 Å². The Morgan fingerprint density at radius 2 is 2.11 bits per heavy atom. The van der Waals surface area contributed by atoms with Crippen molar-refractivity contribution in [2.45, 2.75) is 33.1 Å². The van der Waals surface area contributed by atoms with Gasteiger partial charge in [0.1, 0.15) is 5.75 Å². The Kier molecular flexibility index (Phi) is 3.51. The summed E-state index contributed by atoms with van der Waals surface area (Å²) in [5, 5.41) is 10.1. The summed E-state index contributed by atoms with van der Waals surface area (Å²) in [6, 6.07) is 3.95. The molecule has 0 bridgehead atoms. The number of carbonyl (C=O) groups is 1. The zero-order chi connectivity index (χ0) is 14.2. The molecule has 1 unspecified atom stereocenters. The average Bonchev–Trinajstić information content (AvgIpc) is 2.68. The lowest BCUT2D eigenvalue weighted by molar-refractivity contribution is -0.137. The summed E-state index contributed by atoms with van der Waals surface area (Å²) in [6.45, 7) is 6.00. The van der Waals surface area contributed by atoms with E-state index >= 15 is 0 Å². The van der Waals surface area contributed by atoms with E-state index in [0.29, 0.717) is 0 Å². The Morgan fingerprint density at radius 3 is 2.68 bits per heavy atom. The number of fused-ring (bicyclic) bond motifs is 1. The standard InChI is InChI=1S/C15H19NO3/c1-8-5-6-11(19-4)15-13(8)10(3)14(16-15)9(2)7-12(17)18/h5-6,9,16H,7H2,1-4H3,(H,17,18). The van der Waals surface area contributed by atoms with Crippen molar-refractivity contribution in [3.8, 4) is 5.75 Å². The lowest BCUT2D eigenvalue weighted by Crippen LogP contribution is -2.04. The van der Waals surface area contributed by atoms with Crippen molar-refractivity contribution in [2.75, 3.05) is 7.11 Å². The van der Waals surface area contributed by atoms with Crippen LogP contribution in [0, 0.1) is 13.8 Å². The number of carboxylic acids is 1. The fourth-order valence-corrected chi connectivity index (χ4v) is 2.69. The maximum atomic E-state index is 10.9. The third kappa shape index (κ3) is 2.30. The Balaban J connectivity index is 2.62. The van der Waals surface area contributed by atoms with E-state index in [4.69, 9.17) is 9.84 Å². The highest BCUT2D eigenvalue weighted by Crippen LogP contribution is 2.35. The highest BCUT2D eigenvalue weighted by Gasteiger charge is 2.19. The first-order valence-corrected chi connectivity index (χ1v) is 6.33. The molecule has 0 saturated heterocycles. The lowest BCUT2D eigenvalue weighted by atomic mass is 9.98. The number of carboxylic acid groups (broad SMARTS) is 1. The minimum Gasteiger partial charge on any atom is -0.495 e. The van der Waals surface area contributed by atoms with Gasteiger partial charge in [-0.25, -0.2) is 0 Å². The maximum absolute atomic E-state index is 10.9. The number of hydrogen-bond acceptors (Lipinski definition) is 2. The molecule has 0 amide bonds. The van der Waals surface area contributed by atoms with Crippen LogP contribution in [-0.2, 0) is 4.79 Å². The molecular weight excluding hydrogens is 242 g/mol. The second-order valence-corrected chi connectivity index (χ2v) is 5.00. The molecule has 1 aromatic heterocycles. The van der Waals surface area contributed by atoms with Crippen LogP contribution in [0.4, 0.5) is 0 Å². The van der Waals surface area contributed by atoms with E-state index < -0.39 is 5.97 Å². The maximum Gasteiger partial charge on any atom is 0.304 e. The SMILES string of the molecule is COc1ccc(C)c2c(C)c(C(C)CC(=O)O)[nH]c12. The van der Waals surface area contributed by atoms with Crippen molar-refractivity contribution in [3.05, 3.63) is 29.0 Å². The molecule has 1 atom stereocenters. The average molecular weight is 261 g/mol. The van der Waals surface area contributed by atoms with Crippen LogP contribution in [0.3, 0.4) is 0 Å². The predicted octanol–water partition coefficient (Wildman–Crippen LogP) is 3.37. The number of aromatic nitrogens is 1. The number of methoxy groups -OCH3 is 1. The first-order chi connectivity index (χ1) is 8.95. The van der Waals surface area contributed by atoms with E-state index in [1.54, 1.807) is 7.11 Å². The topological polar surface area (TPSA) is 62.3 Å².